The molecule has 8 aromatic rings. The van der Waals surface area contributed by atoms with Gasteiger partial charge in [-0.25, -0.2) is 19.9 Å². The number of hydrogen-bond donors (Lipinski definition) is 1. The average molecular weight is 844 g/mol. The highest BCUT2D eigenvalue weighted by molar-refractivity contribution is 5.69. The molecule has 63 heavy (non-hydrogen) atoms. The first-order chi connectivity index (χ1) is 30.7. The van der Waals surface area contributed by atoms with Gasteiger partial charge in [-0.3, -0.25) is 9.69 Å². The Labute approximate surface area is 366 Å². The van der Waals surface area contributed by atoms with E-state index in [4.69, 9.17) is 23.0 Å². The molecule has 4 aromatic carbocycles. The number of carbonyl (C=O) groups is 1. The Hall–Kier alpha value is -7.57. The molecule has 12 nitrogen and oxygen atoms in total. The van der Waals surface area contributed by atoms with Crippen LogP contribution in [0.4, 0.5) is 0 Å². The zero-order chi connectivity index (χ0) is 43.8. The maximum atomic E-state index is 11.5. The number of aliphatic carboxylic acids is 1. The van der Waals surface area contributed by atoms with Gasteiger partial charge in [0.15, 0.2) is 0 Å². The molecule has 0 bridgehead atoms. The van der Waals surface area contributed by atoms with Crippen LogP contribution in [0, 0.1) is 20.8 Å². The molecule has 0 spiro atoms. The average Bonchev–Trinajstić information content (AvgIpc) is 3.87. The van der Waals surface area contributed by atoms with Crippen LogP contribution < -0.4 is 14.2 Å². The lowest BCUT2D eigenvalue weighted by molar-refractivity contribution is -0.138. The van der Waals surface area contributed by atoms with Crippen LogP contribution in [0.3, 0.4) is 0 Å². The number of carboxylic acid groups (broad SMARTS) is 1. The number of aryl methyl sites for hydroxylation is 3. The number of ether oxygens (including phenoxy) is 3. The lowest BCUT2D eigenvalue weighted by Crippen LogP contribution is -2.29. The van der Waals surface area contributed by atoms with Crippen LogP contribution in [0.1, 0.15) is 39.6 Å². The van der Waals surface area contributed by atoms with Gasteiger partial charge in [0, 0.05) is 61.6 Å². The molecule has 320 valence electrons. The van der Waals surface area contributed by atoms with Crippen LogP contribution in [0.25, 0.3) is 22.9 Å². The Balaban J connectivity index is 0.000000227. The minimum Gasteiger partial charge on any atom is -0.480 e. The van der Waals surface area contributed by atoms with Crippen molar-refractivity contribution in [1.29, 1.82) is 0 Å². The second-order valence-electron chi connectivity index (χ2n) is 14.7. The van der Waals surface area contributed by atoms with E-state index in [9.17, 15) is 9.90 Å². The fourth-order valence-corrected chi connectivity index (χ4v) is 6.53. The molecular weight excluding hydrogens is 795 g/mol. The second kappa shape index (κ2) is 21.8. The topological polar surface area (TPSA) is 146 Å². The van der Waals surface area contributed by atoms with Crippen molar-refractivity contribution in [2.24, 2.45) is 0 Å². The van der Waals surface area contributed by atoms with Crippen LogP contribution in [-0.4, -0.2) is 55.7 Å². The summed E-state index contributed by atoms with van der Waals surface area (Å²) in [6, 6.07) is 44.5. The number of aromatic nitrogens is 4. The lowest BCUT2D eigenvalue weighted by atomic mass is 10.2. The first-order valence-electron chi connectivity index (χ1n) is 20.7. The molecule has 0 aliphatic carbocycles. The molecule has 0 fully saturated rings. The van der Waals surface area contributed by atoms with Crippen LogP contribution in [0.5, 0.6) is 23.3 Å². The predicted octanol–water partition coefficient (Wildman–Crippen LogP) is 10.5. The molecule has 8 rings (SSSR count). The van der Waals surface area contributed by atoms with E-state index in [-0.39, 0.29) is 6.54 Å². The van der Waals surface area contributed by atoms with Gasteiger partial charge in [-0.1, -0.05) is 78.9 Å². The standard InChI is InChI=1S/C33H31N3O5.C18H18N2O2/c1-24-30(35-33(40-24)27-8-4-2-5-9-27)18-19-39-31-17-14-26(20-34-31)22-36(23-32(37)38)21-25-12-15-29(16-13-25)41-28-10-6-3-7-11-28;1-13-8-9-17(19-12-13)21-11-10-16-14(2)22-18(20-16)15-6-4-3-5-7-15/h2-17,20H,18-19,21-23H2,1H3,(H,37,38);3-9,12H,10-11H2,1-2H3. The molecule has 4 heterocycles. The predicted molar refractivity (Wildman–Crippen MR) is 240 cm³/mol. The number of pyridine rings is 2. The van der Waals surface area contributed by atoms with Gasteiger partial charge in [0.2, 0.25) is 23.5 Å². The molecule has 0 saturated heterocycles. The van der Waals surface area contributed by atoms with Crippen molar-refractivity contribution in [3.8, 4) is 46.2 Å². The highest BCUT2D eigenvalue weighted by Gasteiger charge is 2.15. The number of para-hydroxylation sites is 1. The molecule has 0 amide bonds. The van der Waals surface area contributed by atoms with E-state index in [2.05, 4.69) is 19.9 Å². The Morgan fingerprint density at radius 3 is 1.54 bits per heavy atom. The number of rotatable bonds is 18. The summed E-state index contributed by atoms with van der Waals surface area (Å²) < 4.78 is 28.9. The molecule has 0 aliphatic rings. The number of hydrogen-bond acceptors (Lipinski definition) is 11. The minimum absolute atomic E-state index is 0.0947. The van der Waals surface area contributed by atoms with Gasteiger partial charge in [-0.05, 0) is 86.0 Å². The number of benzene rings is 4. The smallest absolute Gasteiger partial charge is 0.317 e. The van der Waals surface area contributed by atoms with E-state index in [1.807, 2.05) is 159 Å². The van der Waals surface area contributed by atoms with Crippen LogP contribution in [0.2, 0.25) is 0 Å². The Bertz CT molecular complexity index is 2620. The molecule has 0 saturated carbocycles. The van der Waals surface area contributed by atoms with Crippen LogP contribution in [-0.2, 0) is 30.7 Å². The summed E-state index contributed by atoms with van der Waals surface area (Å²) in [6.07, 6.45) is 4.80. The third kappa shape index (κ3) is 13.2. The first-order valence-corrected chi connectivity index (χ1v) is 20.7. The second-order valence-corrected chi connectivity index (χ2v) is 14.7. The molecule has 12 heteroatoms. The van der Waals surface area contributed by atoms with E-state index in [1.54, 1.807) is 18.5 Å². The van der Waals surface area contributed by atoms with Gasteiger partial charge >= 0.3 is 5.97 Å². The fourth-order valence-electron chi connectivity index (χ4n) is 6.53. The van der Waals surface area contributed by atoms with Crippen molar-refractivity contribution < 1.29 is 32.9 Å². The molecule has 0 atom stereocenters. The number of carboxylic acids is 1. The monoisotopic (exact) mass is 843 g/mol. The summed E-state index contributed by atoms with van der Waals surface area (Å²) in [4.78, 5) is 31.2. The third-order valence-corrected chi connectivity index (χ3v) is 9.76. The summed E-state index contributed by atoms with van der Waals surface area (Å²) in [5, 5.41) is 9.46. The Morgan fingerprint density at radius 2 is 1.05 bits per heavy atom. The van der Waals surface area contributed by atoms with E-state index in [1.165, 1.54) is 0 Å². The van der Waals surface area contributed by atoms with Crippen molar-refractivity contribution in [2.45, 2.75) is 46.7 Å². The maximum absolute atomic E-state index is 11.5. The maximum Gasteiger partial charge on any atom is 0.317 e. The normalized spacial score (nSPS) is 10.9. The van der Waals surface area contributed by atoms with Crippen molar-refractivity contribution in [3.63, 3.8) is 0 Å². The summed E-state index contributed by atoms with van der Waals surface area (Å²) in [5.41, 5.74) is 6.69. The largest absolute Gasteiger partial charge is 0.480 e. The number of nitrogens with zero attached hydrogens (tertiary/aromatic N) is 5. The molecule has 4 aromatic heterocycles. The van der Waals surface area contributed by atoms with Gasteiger partial charge < -0.3 is 28.2 Å². The summed E-state index contributed by atoms with van der Waals surface area (Å²) >= 11 is 0. The van der Waals surface area contributed by atoms with Gasteiger partial charge in [0.25, 0.3) is 0 Å². The van der Waals surface area contributed by atoms with E-state index >= 15 is 0 Å². The van der Waals surface area contributed by atoms with Gasteiger partial charge in [0.1, 0.15) is 23.0 Å². The van der Waals surface area contributed by atoms with E-state index in [0.717, 1.165) is 62.2 Å². The Morgan fingerprint density at radius 1 is 0.571 bits per heavy atom. The summed E-state index contributed by atoms with van der Waals surface area (Å²) in [5.74, 6) is 4.59. The fraction of sp³-hybridized carbons (Fsp3) is 0.196. The highest BCUT2D eigenvalue weighted by atomic mass is 16.5. The van der Waals surface area contributed by atoms with Crippen molar-refractivity contribution in [3.05, 3.63) is 192 Å². The van der Waals surface area contributed by atoms with E-state index in [0.29, 0.717) is 62.7 Å². The van der Waals surface area contributed by atoms with Gasteiger partial charge in [0.05, 0.1) is 31.1 Å². The minimum atomic E-state index is -0.888. The zero-order valence-corrected chi connectivity index (χ0v) is 35.5. The van der Waals surface area contributed by atoms with Crippen molar-refractivity contribution in [1.82, 2.24) is 24.8 Å². The quantitative estimate of drug-likeness (QED) is 0.0877. The first kappa shape index (κ1) is 43.5. The van der Waals surface area contributed by atoms with E-state index < -0.39 is 5.97 Å². The summed E-state index contributed by atoms with van der Waals surface area (Å²) in [7, 11) is 0. The molecule has 1 N–H and O–H groups in total. The molecule has 0 radical (unpaired) electrons. The molecular formula is C51H49N5O7. The third-order valence-electron chi connectivity index (χ3n) is 9.76. The van der Waals surface area contributed by atoms with Gasteiger partial charge in [-0.2, -0.15) is 0 Å². The Kier molecular flexibility index (Phi) is 15.1. The van der Waals surface area contributed by atoms with Crippen LogP contribution >= 0.6 is 0 Å². The zero-order valence-electron chi connectivity index (χ0n) is 35.5. The molecule has 0 unspecified atom stereocenters. The SMILES string of the molecule is Cc1ccc(OCCc2nc(-c3ccccc3)oc2C)nc1.Cc1oc(-c2ccccc2)nc1CCOc1ccc(CN(CC(=O)O)Cc2ccc(Oc3ccccc3)cc2)cn1. The number of oxazole rings is 2. The lowest BCUT2D eigenvalue weighted by Gasteiger charge is -2.20. The molecule has 0 aliphatic heterocycles. The van der Waals surface area contributed by atoms with Gasteiger partial charge in [-0.15, -0.1) is 0 Å². The summed E-state index contributed by atoms with van der Waals surface area (Å²) in [6.45, 7) is 7.57. The highest BCUT2D eigenvalue weighted by Crippen LogP contribution is 2.25. The van der Waals surface area contributed by atoms with Crippen LogP contribution in [0.15, 0.2) is 161 Å². The van der Waals surface area contributed by atoms with Crippen molar-refractivity contribution >= 4 is 5.97 Å². The van der Waals surface area contributed by atoms with Crippen molar-refractivity contribution in [2.75, 3.05) is 19.8 Å².